The van der Waals surface area contributed by atoms with Crippen LogP contribution in [0.5, 0.6) is 0 Å². The Morgan fingerprint density at radius 2 is 2.60 bits per heavy atom. The molecule has 1 aliphatic heterocycles. The van der Waals surface area contributed by atoms with Gasteiger partial charge in [-0.15, -0.1) is 11.3 Å². The highest BCUT2D eigenvalue weighted by molar-refractivity contribution is 7.09. The van der Waals surface area contributed by atoms with Crippen molar-refractivity contribution in [3.8, 4) is 0 Å². The third-order valence-electron chi connectivity index (χ3n) is 2.83. The van der Waals surface area contributed by atoms with Crippen molar-refractivity contribution in [2.75, 3.05) is 6.54 Å². The molecule has 0 aliphatic carbocycles. The molecule has 15 heavy (non-hydrogen) atoms. The molecular formula is C11H16N2OS. The fourth-order valence-electron chi connectivity index (χ4n) is 1.88. The van der Waals surface area contributed by atoms with E-state index in [0.717, 1.165) is 13.0 Å². The summed E-state index contributed by atoms with van der Waals surface area (Å²) < 4.78 is 0. The number of amides is 1. The van der Waals surface area contributed by atoms with Gasteiger partial charge >= 0.3 is 0 Å². The van der Waals surface area contributed by atoms with Crippen LogP contribution in [0.25, 0.3) is 0 Å². The molecule has 1 aromatic heterocycles. The first kappa shape index (κ1) is 10.6. The average molecular weight is 224 g/mol. The molecule has 2 N–H and O–H groups in total. The number of hydrogen-bond donors (Lipinski definition) is 2. The zero-order valence-corrected chi connectivity index (χ0v) is 9.64. The fraction of sp³-hybridized carbons (Fsp3) is 0.545. The van der Waals surface area contributed by atoms with Crippen LogP contribution >= 0.6 is 11.3 Å². The molecule has 3 nitrogen and oxygen atoms in total. The highest BCUT2D eigenvalue weighted by atomic mass is 32.1. The van der Waals surface area contributed by atoms with E-state index in [0.29, 0.717) is 12.5 Å². The topological polar surface area (TPSA) is 41.1 Å². The van der Waals surface area contributed by atoms with Gasteiger partial charge < -0.3 is 10.6 Å². The maximum atomic E-state index is 11.8. The van der Waals surface area contributed by atoms with Crippen molar-refractivity contribution < 1.29 is 4.79 Å². The fourth-order valence-corrected chi connectivity index (χ4v) is 2.53. The van der Waals surface area contributed by atoms with Crippen LogP contribution in [0, 0.1) is 5.92 Å². The minimum absolute atomic E-state index is 0.00459. The van der Waals surface area contributed by atoms with Gasteiger partial charge in [-0.05, 0) is 30.3 Å². The molecule has 2 atom stereocenters. The zero-order chi connectivity index (χ0) is 10.7. The lowest BCUT2D eigenvalue weighted by molar-refractivity contribution is -0.123. The minimum Gasteiger partial charge on any atom is -0.350 e. The number of thiophene rings is 1. The number of carbonyl (C=O) groups excluding carboxylic acids is 1. The third-order valence-corrected chi connectivity index (χ3v) is 3.71. The largest absolute Gasteiger partial charge is 0.350 e. The molecule has 1 fully saturated rings. The van der Waals surface area contributed by atoms with Crippen molar-refractivity contribution in [1.29, 1.82) is 0 Å². The summed E-state index contributed by atoms with van der Waals surface area (Å²) >= 11 is 1.67. The van der Waals surface area contributed by atoms with E-state index in [2.05, 4.69) is 17.6 Å². The Morgan fingerprint density at radius 1 is 1.73 bits per heavy atom. The molecule has 4 heteroatoms. The molecule has 0 aromatic carbocycles. The molecular weight excluding hydrogens is 208 g/mol. The van der Waals surface area contributed by atoms with Crippen LogP contribution in [0.15, 0.2) is 17.5 Å². The number of rotatable bonds is 3. The molecule has 1 aliphatic rings. The Kier molecular flexibility index (Phi) is 3.38. The van der Waals surface area contributed by atoms with Gasteiger partial charge in [0.1, 0.15) is 0 Å². The van der Waals surface area contributed by atoms with Crippen LogP contribution in [0.4, 0.5) is 0 Å². The summed E-state index contributed by atoms with van der Waals surface area (Å²) in [5.41, 5.74) is 0. The van der Waals surface area contributed by atoms with Gasteiger partial charge in [-0.3, -0.25) is 4.79 Å². The second kappa shape index (κ2) is 4.77. The Balaban J connectivity index is 1.82. The molecule has 0 spiro atoms. The van der Waals surface area contributed by atoms with Gasteiger partial charge in [0.05, 0.1) is 12.6 Å². The predicted molar refractivity (Wildman–Crippen MR) is 61.7 cm³/mol. The summed E-state index contributed by atoms with van der Waals surface area (Å²) in [7, 11) is 0. The van der Waals surface area contributed by atoms with Crippen molar-refractivity contribution in [3.63, 3.8) is 0 Å². The molecule has 0 radical (unpaired) electrons. The van der Waals surface area contributed by atoms with Crippen molar-refractivity contribution in [1.82, 2.24) is 10.6 Å². The van der Waals surface area contributed by atoms with Crippen LogP contribution in [-0.2, 0) is 11.3 Å². The zero-order valence-electron chi connectivity index (χ0n) is 8.82. The number of carbonyl (C=O) groups is 1. The van der Waals surface area contributed by atoms with Crippen molar-refractivity contribution >= 4 is 17.2 Å². The molecule has 0 bridgehead atoms. The monoisotopic (exact) mass is 224 g/mol. The molecule has 2 heterocycles. The van der Waals surface area contributed by atoms with Gasteiger partial charge in [-0.2, -0.15) is 0 Å². The first-order valence-electron chi connectivity index (χ1n) is 5.31. The Morgan fingerprint density at radius 3 is 3.20 bits per heavy atom. The van der Waals surface area contributed by atoms with E-state index in [1.165, 1.54) is 4.88 Å². The van der Waals surface area contributed by atoms with Crippen LogP contribution < -0.4 is 10.6 Å². The number of hydrogen-bond acceptors (Lipinski definition) is 3. The van der Waals surface area contributed by atoms with Gasteiger partial charge in [-0.1, -0.05) is 13.0 Å². The normalized spacial score (nSPS) is 25.4. The molecule has 1 aromatic rings. The minimum atomic E-state index is 0.00459. The van der Waals surface area contributed by atoms with Crippen LogP contribution in [-0.4, -0.2) is 18.5 Å². The maximum absolute atomic E-state index is 11.8. The van der Waals surface area contributed by atoms with E-state index >= 15 is 0 Å². The third kappa shape index (κ3) is 2.58. The van der Waals surface area contributed by atoms with Gasteiger partial charge in [0.15, 0.2) is 0 Å². The lowest BCUT2D eigenvalue weighted by Crippen LogP contribution is -2.42. The van der Waals surface area contributed by atoms with Gasteiger partial charge in [0.25, 0.3) is 0 Å². The van der Waals surface area contributed by atoms with Gasteiger partial charge in [0.2, 0.25) is 5.91 Å². The first-order valence-corrected chi connectivity index (χ1v) is 6.19. The molecule has 82 valence electrons. The van der Waals surface area contributed by atoms with E-state index in [1.807, 2.05) is 17.5 Å². The first-order chi connectivity index (χ1) is 7.27. The summed E-state index contributed by atoms with van der Waals surface area (Å²) in [5.74, 6) is 0.585. The maximum Gasteiger partial charge on any atom is 0.237 e. The second-order valence-corrected chi connectivity index (χ2v) is 5.03. The van der Waals surface area contributed by atoms with E-state index < -0.39 is 0 Å². The van der Waals surface area contributed by atoms with E-state index in [1.54, 1.807) is 11.3 Å². The molecule has 1 saturated heterocycles. The van der Waals surface area contributed by atoms with Crippen LogP contribution in [0.1, 0.15) is 18.2 Å². The molecule has 2 unspecified atom stereocenters. The average Bonchev–Trinajstić information content (AvgIpc) is 2.84. The molecule has 1 amide bonds. The Bertz CT molecular complexity index is 323. The van der Waals surface area contributed by atoms with Crippen LogP contribution in [0.3, 0.4) is 0 Å². The van der Waals surface area contributed by atoms with Gasteiger partial charge in [0, 0.05) is 4.88 Å². The number of nitrogens with one attached hydrogen (secondary N) is 2. The lowest BCUT2D eigenvalue weighted by atomic mass is 10.0. The van der Waals surface area contributed by atoms with Crippen molar-refractivity contribution in [2.45, 2.75) is 25.9 Å². The summed E-state index contributed by atoms with van der Waals surface area (Å²) in [4.78, 5) is 13.0. The molecule has 2 rings (SSSR count). The summed E-state index contributed by atoms with van der Waals surface area (Å²) in [6, 6.07) is 4.05. The van der Waals surface area contributed by atoms with Gasteiger partial charge in [-0.25, -0.2) is 0 Å². The quantitative estimate of drug-likeness (QED) is 0.814. The highest BCUT2D eigenvalue weighted by Gasteiger charge is 2.28. The SMILES string of the molecule is CC1CCNC1C(=O)NCc1cccs1. The summed E-state index contributed by atoms with van der Waals surface area (Å²) in [5, 5.41) is 8.22. The predicted octanol–water partition coefficient (Wildman–Crippen LogP) is 1.36. The van der Waals surface area contributed by atoms with Crippen molar-refractivity contribution in [2.24, 2.45) is 5.92 Å². The molecule has 0 saturated carbocycles. The Labute approximate surface area is 93.9 Å². The Hall–Kier alpha value is -0.870. The van der Waals surface area contributed by atoms with E-state index in [-0.39, 0.29) is 11.9 Å². The van der Waals surface area contributed by atoms with Crippen LogP contribution in [0.2, 0.25) is 0 Å². The highest BCUT2D eigenvalue weighted by Crippen LogP contribution is 2.14. The summed E-state index contributed by atoms with van der Waals surface area (Å²) in [6.45, 7) is 3.73. The van der Waals surface area contributed by atoms with Crippen molar-refractivity contribution in [3.05, 3.63) is 22.4 Å². The second-order valence-electron chi connectivity index (χ2n) is 3.99. The standard InChI is InChI=1S/C11H16N2OS/c1-8-4-5-12-10(8)11(14)13-7-9-3-2-6-15-9/h2-3,6,8,10,12H,4-5,7H2,1H3,(H,13,14). The van der Waals surface area contributed by atoms with E-state index in [4.69, 9.17) is 0 Å². The smallest absolute Gasteiger partial charge is 0.237 e. The summed E-state index contributed by atoms with van der Waals surface area (Å²) in [6.07, 6.45) is 1.09. The van der Waals surface area contributed by atoms with E-state index in [9.17, 15) is 4.79 Å². The lowest BCUT2D eigenvalue weighted by Gasteiger charge is -2.14.